The molecule has 20 heavy (non-hydrogen) atoms. The monoisotopic (exact) mass is 283 g/mol. The number of hydrogen-bond acceptors (Lipinski definition) is 3. The molecule has 7 nitrogen and oxygen atoms in total. The van der Waals surface area contributed by atoms with Gasteiger partial charge < -0.3 is 20.2 Å². The Morgan fingerprint density at radius 1 is 1.40 bits per heavy atom. The number of carboxylic acid groups (broad SMARTS) is 1. The lowest BCUT2D eigenvalue weighted by molar-refractivity contribution is -0.137. The Labute approximate surface area is 117 Å². The van der Waals surface area contributed by atoms with Gasteiger partial charge >= 0.3 is 12.0 Å². The molecule has 1 atom stereocenters. The first-order valence-electron chi connectivity index (χ1n) is 6.97. The fourth-order valence-electron chi connectivity index (χ4n) is 2.39. The molecule has 7 heteroatoms. The van der Waals surface area contributed by atoms with Gasteiger partial charge in [0.1, 0.15) is 6.54 Å². The summed E-state index contributed by atoms with van der Waals surface area (Å²) >= 11 is 0. The minimum Gasteiger partial charge on any atom is -0.480 e. The summed E-state index contributed by atoms with van der Waals surface area (Å²) in [6.07, 6.45) is 3.15. The molecule has 1 heterocycles. The van der Waals surface area contributed by atoms with E-state index in [1.165, 1.54) is 4.90 Å². The van der Waals surface area contributed by atoms with E-state index in [0.717, 1.165) is 12.8 Å². The average Bonchev–Trinajstić information content (AvgIpc) is 3.16. The third kappa shape index (κ3) is 4.11. The molecule has 0 radical (unpaired) electrons. The lowest BCUT2D eigenvalue weighted by Crippen LogP contribution is -2.53. The first-order valence-corrected chi connectivity index (χ1v) is 6.97. The molecule has 1 aliphatic carbocycles. The molecule has 2 aliphatic rings. The molecule has 1 saturated heterocycles. The highest BCUT2D eigenvalue weighted by Crippen LogP contribution is 2.29. The molecule has 0 aromatic carbocycles. The van der Waals surface area contributed by atoms with Gasteiger partial charge in [0, 0.05) is 32.6 Å². The van der Waals surface area contributed by atoms with Crippen LogP contribution in [0.5, 0.6) is 0 Å². The van der Waals surface area contributed by atoms with E-state index in [1.54, 1.807) is 11.9 Å². The number of nitrogens with zero attached hydrogens (tertiary/aromatic N) is 2. The van der Waals surface area contributed by atoms with E-state index in [2.05, 4.69) is 5.32 Å². The van der Waals surface area contributed by atoms with Crippen molar-refractivity contribution in [3.63, 3.8) is 0 Å². The molecule has 3 amide bonds. The summed E-state index contributed by atoms with van der Waals surface area (Å²) in [4.78, 5) is 37.3. The Balaban J connectivity index is 1.86. The number of likely N-dealkylation sites (N-methyl/N-ethyl adjacent to an activating group) is 1. The smallest absolute Gasteiger partial charge is 0.323 e. The molecule has 2 fully saturated rings. The van der Waals surface area contributed by atoms with Crippen molar-refractivity contribution in [1.29, 1.82) is 0 Å². The number of urea groups is 1. The van der Waals surface area contributed by atoms with Crippen LogP contribution in [0, 0.1) is 5.92 Å². The molecule has 0 bridgehead atoms. The van der Waals surface area contributed by atoms with Crippen molar-refractivity contribution < 1.29 is 19.5 Å². The molecule has 1 saturated carbocycles. The van der Waals surface area contributed by atoms with Crippen molar-refractivity contribution in [3.8, 4) is 0 Å². The van der Waals surface area contributed by atoms with Crippen LogP contribution in [0.25, 0.3) is 0 Å². The van der Waals surface area contributed by atoms with Gasteiger partial charge in [0.25, 0.3) is 0 Å². The Hall–Kier alpha value is -1.79. The highest BCUT2D eigenvalue weighted by Gasteiger charge is 2.30. The van der Waals surface area contributed by atoms with E-state index < -0.39 is 5.97 Å². The Morgan fingerprint density at radius 2 is 2.10 bits per heavy atom. The number of likely N-dealkylation sites (tertiary alicyclic amines) is 1. The van der Waals surface area contributed by atoms with E-state index in [9.17, 15) is 14.4 Å². The van der Waals surface area contributed by atoms with Crippen molar-refractivity contribution >= 4 is 17.9 Å². The molecule has 112 valence electrons. The van der Waals surface area contributed by atoms with E-state index in [0.29, 0.717) is 31.8 Å². The zero-order chi connectivity index (χ0) is 14.7. The fraction of sp³-hybridized carbons (Fsp3) is 0.769. The second-order valence-electron chi connectivity index (χ2n) is 5.68. The summed E-state index contributed by atoms with van der Waals surface area (Å²) in [5.41, 5.74) is 0. The van der Waals surface area contributed by atoms with Crippen molar-refractivity contribution in [3.05, 3.63) is 0 Å². The maximum Gasteiger partial charge on any atom is 0.323 e. The Kier molecular flexibility index (Phi) is 4.46. The number of amides is 3. The molecule has 0 spiro atoms. The number of hydrogen-bond donors (Lipinski definition) is 2. The lowest BCUT2D eigenvalue weighted by Gasteiger charge is -2.32. The molecule has 2 rings (SSSR count). The SMILES string of the molecule is CN1CC(NC(=O)N(CC(=O)O)CC2CC2)CCC1=O. The summed E-state index contributed by atoms with van der Waals surface area (Å²) in [5, 5.41) is 11.7. The van der Waals surface area contributed by atoms with Gasteiger partial charge in [-0.1, -0.05) is 0 Å². The van der Waals surface area contributed by atoms with Gasteiger partial charge in [-0.2, -0.15) is 0 Å². The highest BCUT2D eigenvalue weighted by atomic mass is 16.4. The normalized spacial score (nSPS) is 22.6. The van der Waals surface area contributed by atoms with Crippen LogP contribution in [0.1, 0.15) is 25.7 Å². The number of rotatable bonds is 5. The molecular formula is C13H21N3O4. The highest BCUT2D eigenvalue weighted by molar-refractivity contribution is 5.81. The minimum atomic E-state index is -1.00. The fourth-order valence-corrected chi connectivity index (χ4v) is 2.39. The van der Waals surface area contributed by atoms with Crippen LogP contribution in [-0.2, 0) is 9.59 Å². The second kappa shape index (κ2) is 6.11. The van der Waals surface area contributed by atoms with Gasteiger partial charge in [-0.3, -0.25) is 9.59 Å². The maximum atomic E-state index is 12.1. The van der Waals surface area contributed by atoms with E-state index >= 15 is 0 Å². The molecular weight excluding hydrogens is 262 g/mol. The van der Waals surface area contributed by atoms with Gasteiger partial charge in [0.2, 0.25) is 5.91 Å². The lowest BCUT2D eigenvalue weighted by atomic mass is 10.1. The van der Waals surface area contributed by atoms with E-state index in [4.69, 9.17) is 5.11 Å². The average molecular weight is 283 g/mol. The first-order chi connectivity index (χ1) is 9.45. The van der Waals surface area contributed by atoms with Crippen LogP contribution in [0.4, 0.5) is 4.79 Å². The molecule has 1 unspecified atom stereocenters. The van der Waals surface area contributed by atoms with Crippen molar-refractivity contribution in [2.45, 2.75) is 31.7 Å². The van der Waals surface area contributed by atoms with Crippen LogP contribution in [0.15, 0.2) is 0 Å². The predicted octanol–water partition coefficient (Wildman–Crippen LogP) is 0.113. The summed E-state index contributed by atoms with van der Waals surface area (Å²) in [5.74, 6) is -0.483. The van der Waals surface area contributed by atoms with Crippen LogP contribution in [0.3, 0.4) is 0 Å². The van der Waals surface area contributed by atoms with Crippen LogP contribution in [0.2, 0.25) is 0 Å². The summed E-state index contributed by atoms with van der Waals surface area (Å²) in [7, 11) is 1.71. The van der Waals surface area contributed by atoms with Crippen molar-refractivity contribution in [2.75, 3.05) is 26.7 Å². The van der Waals surface area contributed by atoms with Gasteiger partial charge in [-0.05, 0) is 25.2 Å². The quantitative estimate of drug-likeness (QED) is 0.749. The van der Waals surface area contributed by atoms with Crippen molar-refractivity contribution in [2.24, 2.45) is 5.92 Å². The van der Waals surface area contributed by atoms with Crippen LogP contribution >= 0.6 is 0 Å². The first kappa shape index (κ1) is 14.6. The largest absolute Gasteiger partial charge is 0.480 e. The van der Waals surface area contributed by atoms with Gasteiger partial charge in [-0.15, -0.1) is 0 Å². The minimum absolute atomic E-state index is 0.0795. The van der Waals surface area contributed by atoms with Gasteiger partial charge in [0.15, 0.2) is 0 Å². The number of carbonyl (C=O) groups excluding carboxylic acids is 2. The zero-order valence-electron chi connectivity index (χ0n) is 11.7. The van der Waals surface area contributed by atoms with Crippen molar-refractivity contribution in [1.82, 2.24) is 15.1 Å². The van der Waals surface area contributed by atoms with E-state index in [-0.39, 0.29) is 24.5 Å². The molecule has 0 aromatic heterocycles. The molecule has 1 aliphatic heterocycles. The van der Waals surface area contributed by atoms with Gasteiger partial charge in [0.05, 0.1) is 0 Å². The number of aliphatic carboxylic acids is 1. The zero-order valence-corrected chi connectivity index (χ0v) is 11.7. The predicted molar refractivity (Wildman–Crippen MR) is 71.1 cm³/mol. The van der Waals surface area contributed by atoms with Gasteiger partial charge in [-0.25, -0.2) is 4.79 Å². The number of carbonyl (C=O) groups is 3. The maximum absolute atomic E-state index is 12.1. The Bertz CT molecular complexity index is 408. The van der Waals surface area contributed by atoms with E-state index in [1.807, 2.05) is 0 Å². The topological polar surface area (TPSA) is 90.0 Å². The summed E-state index contributed by atoms with van der Waals surface area (Å²) in [6.45, 7) is 0.707. The second-order valence-corrected chi connectivity index (χ2v) is 5.68. The summed E-state index contributed by atoms with van der Waals surface area (Å²) in [6, 6.07) is -0.437. The third-order valence-electron chi connectivity index (χ3n) is 3.74. The molecule has 2 N–H and O–H groups in total. The van der Waals surface area contributed by atoms with Crippen LogP contribution in [-0.4, -0.2) is 65.5 Å². The number of piperidine rings is 1. The Morgan fingerprint density at radius 3 is 2.65 bits per heavy atom. The number of nitrogens with one attached hydrogen (secondary N) is 1. The third-order valence-corrected chi connectivity index (χ3v) is 3.74. The standard InChI is InChI=1S/C13H21N3O4/c1-15-7-10(4-5-11(15)17)14-13(20)16(8-12(18)19)6-9-2-3-9/h9-10H,2-8H2,1H3,(H,14,20)(H,18,19). The van der Waals surface area contributed by atoms with Crippen LogP contribution < -0.4 is 5.32 Å². The summed E-state index contributed by atoms with van der Waals surface area (Å²) < 4.78 is 0. The molecule has 0 aromatic rings. The number of carboxylic acids is 1.